The van der Waals surface area contributed by atoms with Crippen molar-refractivity contribution in [3.63, 3.8) is 0 Å². The lowest BCUT2D eigenvalue weighted by atomic mass is 10.1. The molecule has 1 amide bonds. The predicted molar refractivity (Wildman–Crippen MR) is 105 cm³/mol. The fourth-order valence-electron chi connectivity index (χ4n) is 3.19. The van der Waals surface area contributed by atoms with E-state index in [4.69, 9.17) is 9.72 Å². The molecule has 4 rings (SSSR count). The van der Waals surface area contributed by atoms with Gasteiger partial charge in [0.05, 0.1) is 11.8 Å². The van der Waals surface area contributed by atoms with Crippen molar-refractivity contribution in [1.82, 2.24) is 9.88 Å². The monoisotopic (exact) mass is 367 g/mol. The summed E-state index contributed by atoms with van der Waals surface area (Å²) in [6.07, 6.45) is 0. The van der Waals surface area contributed by atoms with Crippen LogP contribution >= 0.6 is 11.3 Å². The summed E-state index contributed by atoms with van der Waals surface area (Å²) in [6.45, 7) is 5.03. The number of aryl methyl sites for hydroxylation is 1. The molecule has 3 aromatic rings. The maximum Gasteiger partial charge on any atom is 0.253 e. The summed E-state index contributed by atoms with van der Waals surface area (Å²) in [4.78, 5) is 21.6. The maximum absolute atomic E-state index is 12.7. The van der Waals surface area contributed by atoms with Crippen molar-refractivity contribution >= 4 is 32.6 Å². The Labute approximate surface area is 156 Å². The molecule has 5 nitrogen and oxygen atoms in total. The number of hydrogen-bond donors (Lipinski definition) is 0. The van der Waals surface area contributed by atoms with Gasteiger partial charge in [-0.05, 0) is 31.2 Å². The fourth-order valence-corrected chi connectivity index (χ4v) is 4.23. The highest BCUT2D eigenvalue weighted by Crippen LogP contribution is 2.34. The number of hydrogen-bond acceptors (Lipinski definition) is 5. The number of piperazine rings is 1. The van der Waals surface area contributed by atoms with Gasteiger partial charge in [-0.1, -0.05) is 35.1 Å². The van der Waals surface area contributed by atoms with Crippen LogP contribution < -0.4 is 9.64 Å². The van der Waals surface area contributed by atoms with Gasteiger partial charge in [0, 0.05) is 31.7 Å². The molecule has 2 heterocycles. The van der Waals surface area contributed by atoms with Crippen LogP contribution in [0.5, 0.6) is 5.75 Å². The van der Waals surface area contributed by atoms with E-state index in [1.54, 1.807) is 18.4 Å². The number of ether oxygens (including phenoxy) is 1. The highest BCUT2D eigenvalue weighted by molar-refractivity contribution is 7.22. The van der Waals surface area contributed by atoms with Crippen LogP contribution in [0.4, 0.5) is 5.13 Å². The van der Waals surface area contributed by atoms with E-state index in [0.29, 0.717) is 13.1 Å². The molecule has 0 N–H and O–H groups in total. The molecule has 0 unspecified atom stereocenters. The van der Waals surface area contributed by atoms with Gasteiger partial charge in [-0.15, -0.1) is 0 Å². The number of carbonyl (C=O) groups is 1. The summed E-state index contributed by atoms with van der Waals surface area (Å²) in [5.74, 6) is 0.911. The Hall–Kier alpha value is -2.60. The number of anilines is 1. The van der Waals surface area contributed by atoms with Gasteiger partial charge < -0.3 is 14.5 Å². The lowest BCUT2D eigenvalue weighted by Gasteiger charge is -2.34. The third kappa shape index (κ3) is 3.12. The van der Waals surface area contributed by atoms with Crippen LogP contribution in [0.1, 0.15) is 15.9 Å². The van der Waals surface area contributed by atoms with Gasteiger partial charge >= 0.3 is 0 Å². The van der Waals surface area contributed by atoms with E-state index in [-0.39, 0.29) is 5.91 Å². The molecule has 134 valence electrons. The van der Waals surface area contributed by atoms with E-state index in [2.05, 4.69) is 11.0 Å². The van der Waals surface area contributed by atoms with Gasteiger partial charge in [0.2, 0.25) is 0 Å². The van der Waals surface area contributed by atoms with Crippen molar-refractivity contribution in [3.05, 3.63) is 53.6 Å². The van der Waals surface area contributed by atoms with Crippen molar-refractivity contribution in [1.29, 1.82) is 0 Å². The fraction of sp³-hybridized carbons (Fsp3) is 0.300. The topological polar surface area (TPSA) is 45.7 Å². The molecule has 1 fully saturated rings. The summed E-state index contributed by atoms with van der Waals surface area (Å²) < 4.78 is 6.53. The minimum atomic E-state index is 0.107. The zero-order valence-corrected chi connectivity index (χ0v) is 15.8. The lowest BCUT2D eigenvalue weighted by Crippen LogP contribution is -2.48. The number of amides is 1. The van der Waals surface area contributed by atoms with Crippen LogP contribution in [0.25, 0.3) is 10.2 Å². The third-order valence-electron chi connectivity index (χ3n) is 4.73. The minimum Gasteiger partial charge on any atom is -0.494 e. The number of fused-ring (bicyclic) bond motifs is 1. The van der Waals surface area contributed by atoms with Crippen molar-refractivity contribution in [3.8, 4) is 5.75 Å². The van der Waals surface area contributed by atoms with E-state index in [1.165, 1.54) is 0 Å². The van der Waals surface area contributed by atoms with Crippen molar-refractivity contribution in [2.24, 2.45) is 0 Å². The van der Waals surface area contributed by atoms with Gasteiger partial charge in [-0.25, -0.2) is 4.98 Å². The first-order valence-electron chi connectivity index (χ1n) is 8.70. The smallest absolute Gasteiger partial charge is 0.253 e. The molecular weight excluding hydrogens is 346 g/mol. The predicted octanol–water partition coefficient (Wildman–Crippen LogP) is 3.58. The number of aromatic nitrogens is 1. The third-order valence-corrected chi connectivity index (χ3v) is 5.81. The normalized spacial score (nSPS) is 14.7. The van der Waals surface area contributed by atoms with E-state index in [0.717, 1.165) is 45.3 Å². The Morgan fingerprint density at radius 2 is 1.81 bits per heavy atom. The molecule has 1 aliphatic rings. The van der Waals surface area contributed by atoms with Crippen molar-refractivity contribution < 1.29 is 9.53 Å². The van der Waals surface area contributed by atoms with E-state index in [1.807, 2.05) is 48.2 Å². The Kier molecular flexibility index (Phi) is 4.51. The second-order valence-corrected chi connectivity index (χ2v) is 7.46. The van der Waals surface area contributed by atoms with Crippen LogP contribution in [-0.2, 0) is 0 Å². The summed E-state index contributed by atoms with van der Waals surface area (Å²) in [6, 6.07) is 13.8. The first-order valence-corrected chi connectivity index (χ1v) is 9.52. The number of nitrogens with zero attached hydrogens (tertiary/aromatic N) is 3. The molecule has 1 saturated heterocycles. The Bertz CT molecular complexity index is 928. The standard InChI is InChI=1S/C20H21N3O2S/c1-14-6-8-15(9-7-14)19(24)22-10-12-23(13-11-22)20-21-18-16(25-2)4-3-5-17(18)26-20/h3-9H,10-13H2,1-2H3. The number of thiazole rings is 1. The molecule has 0 saturated carbocycles. The highest BCUT2D eigenvalue weighted by Gasteiger charge is 2.24. The summed E-state index contributed by atoms with van der Waals surface area (Å²) in [5.41, 5.74) is 2.83. The zero-order chi connectivity index (χ0) is 18.1. The van der Waals surface area contributed by atoms with Crippen LogP contribution in [0.2, 0.25) is 0 Å². The summed E-state index contributed by atoms with van der Waals surface area (Å²) in [7, 11) is 1.67. The number of para-hydroxylation sites is 1. The average molecular weight is 367 g/mol. The molecule has 0 bridgehead atoms. The summed E-state index contributed by atoms with van der Waals surface area (Å²) >= 11 is 1.67. The minimum absolute atomic E-state index is 0.107. The largest absolute Gasteiger partial charge is 0.494 e. The molecule has 0 radical (unpaired) electrons. The average Bonchev–Trinajstić information content (AvgIpc) is 3.12. The summed E-state index contributed by atoms with van der Waals surface area (Å²) in [5, 5.41) is 0.993. The van der Waals surface area contributed by atoms with Gasteiger partial charge in [0.1, 0.15) is 11.3 Å². The Morgan fingerprint density at radius 1 is 1.08 bits per heavy atom. The second-order valence-electron chi connectivity index (χ2n) is 6.45. The molecular formula is C20H21N3O2S. The molecule has 1 aliphatic heterocycles. The highest BCUT2D eigenvalue weighted by atomic mass is 32.1. The van der Waals surface area contributed by atoms with E-state index in [9.17, 15) is 4.79 Å². The molecule has 0 atom stereocenters. The Morgan fingerprint density at radius 3 is 2.50 bits per heavy atom. The first kappa shape index (κ1) is 16.8. The molecule has 6 heteroatoms. The lowest BCUT2D eigenvalue weighted by molar-refractivity contribution is 0.0747. The SMILES string of the molecule is COc1cccc2sc(N3CCN(C(=O)c4ccc(C)cc4)CC3)nc12. The van der Waals surface area contributed by atoms with Crippen LogP contribution in [0, 0.1) is 6.92 Å². The van der Waals surface area contributed by atoms with Crippen LogP contribution in [0.3, 0.4) is 0 Å². The molecule has 0 spiro atoms. The maximum atomic E-state index is 12.7. The van der Waals surface area contributed by atoms with Crippen molar-refractivity contribution in [2.75, 3.05) is 38.2 Å². The molecule has 1 aromatic heterocycles. The zero-order valence-electron chi connectivity index (χ0n) is 14.9. The quantitative estimate of drug-likeness (QED) is 0.710. The number of benzene rings is 2. The van der Waals surface area contributed by atoms with Crippen LogP contribution in [-0.4, -0.2) is 49.1 Å². The molecule has 0 aliphatic carbocycles. The first-order chi connectivity index (χ1) is 12.7. The number of rotatable bonds is 3. The second kappa shape index (κ2) is 6.96. The number of methoxy groups -OCH3 is 1. The van der Waals surface area contributed by atoms with Gasteiger partial charge in [0.25, 0.3) is 5.91 Å². The van der Waals surface area contributed by atoms with Gasteiger partial charge in [-0.2, -0.15) is 0 Å². The number of carbonyl (C=O) groups excluding carboxylic acids is 1. The van der Waals surface area contributed by atoms with Gasteiger partial charge in [-0.3, -0.25) is 4.79 Å². The molecule has 26 heavy (non-hydrogen) atoms. The van der Waals surface area contributed by atoms with Crippen LogP contribution in [0.15, 0.2) is 42.5 Å². The Balaban J connectivity index is 1.46. The van der Waals surface area contributed by atoms with E-state index < -0.39 is 0 Å². The van der Waals surface area contributed by atoms with E-state index >= 15 is 0 Å². The van der Waals surface area contributed by atoms with Gasteiger partial charge in [0.15, 0.2) is 5.13 Å². The van der Waals surface area contributed by atoms with Crippen molar-refractivity contribution in [2.45, 2.75) is 6.92 Å². The molecule has 2 aromatic carbocycles.